The van der Waals surface area contributed by atoms with Gasteiger partial charge in [0.1, 0.15) is 6.61 Å². The highest BCUT2D eigenvalue weighted by Gasteiger charge is 2.46. The van der Waals surface area contributed by atoms with Crippen LogP contribution in [0.25, 0.3) is 0 Å². The van der Waals surface area contributed by atoms with Crippen LogP contribution in [0, 0.1) is 11.3 Å². The molecule has 0 unspecified atom stereocenters. The van der Waals surface area contributed by atoms with Gasteiger partial charge in [0.15, 0.2) is 0 Å². The molecule has 3 fully saturated rings. The van der Waals surface area contributed by atoms with Crippen molar-refractivity contribution in [2.24, 2.45) is 11.3 Å². The van der Waals surface area contributed by atoms with Crippen LogP contribution in [0.2, 0.25) is 0 Å². The van der Waals surface area contributed by atoms with Crippen LogP contribution in [0.4, 0.5) is 0 Å². The number of amides is 1. The molecule has 0 aromatic heterocycles. The fourth-order valence-corrected chi connectivity index (χ4v) is 4.95. The third kappa shape index (κ3) is 4.41. The number of rotatable bonds is 5. The fraction of sp³-hybridized carbons (Fsp3) is 0.950. The Hall–Kier alpha value is -0.690. The number of fused-ring (bicyclic) bond motifs is 1. The second-order valence-electron chi connectivity index (χ2n) is 9.56. The molecule has 2 aliphatic heterocycles. The number of carbonyl (C=O) groups is 1. The number of methoxy groups -OCH3 is 1. The van der Waals surface area contributed by atoms with E-state index in [0.717, 1.165) is 38.8 Å². The third-order valence-corrected chi connectivity index (χ3v) is 6.65. The standard InChI is InChI=1S/C20H36N2O4/c1-19(2,3)15-5-7-20(24,8-6-15)14-21-11-16-17(12-21)26-13-18(23)22(16)9-10-25-4/h15-17,24H,5-14H2,1-4H3/t15?,16-,17-,20?/m0/s1. The maximum atomic E-state index is 12.2. The summed E-state index contributed by atoms with van der Waals surface area (Å²) >= 11 is 0. The van der Waals surface area contributed by atoms with Crippen molar-refractivity contribution in [1.29, 1.82) is 0 Å². The Balaban J connectivity index is 1.56. The molecular weight excluding hydrogens is 332 g/mol. The largest absolute Gasteiger partial charge is 0.389 e. The van der Waals surface area contributed by atoms with Crippen LogP contribution in [0.5, 0.6) is 0 Å². The third-order valence-electron chi connectivity index (χ3n) is 6.65. The summed E-state index contributed by atoms with van der Waals surface area (Å²) in [4.78, 5) is 16.4. The van der Waals surface area contributed by atoms with Gasteiger partial charge in [0.25, 0.3) is 0 Å². The summed E-state index contributed by atoms with van der Waals surface area (Å²) in [7, 11) is 1.66. The minimum absolute atomic E-state index is 0.0505. The number of aliphatic hydroxyl groups is 1. The van der Waals surface area contributed by atoms with Gasteiger partial charge in [-0.2, -0.15) is 0 Å². The quantitative estimate of drug-likeness (QED) is 0.797. The van der Waals surface area contributed by atoms with E-state index in [1.165, 1.54) is 0 Å². The first-order chi connectivity index (χ1) is 12.2. The molecule has 2 saturated heterocycles. The minimum atomic E-state index is -0.601. The van der Waals surface area contributed by atoms with Crippen LogP contribution < -0.4 is 0 Å². The topological polar surface area (TPSA) is 62.2 Å². The zero-order valence-corrected chi connectivity index (χ0v) is 16.9. The van der Waals surface area contributed by atoms with E-state index in [9.17, 15) is 9.90 Å². The molecule has 0 radical (unpaired) electrons. The van der Waals surface area contributed by atoms with Gasteiger partial charge in [-0.3, -0.25) is 9.69 Å². The molecule has 2 heterocycles. The highest BCUT2D eigenvalue weighted by molar-refractivity contribution is 5.78. The maximum absolute atomic E-state index is 12.2. The second-order valence-corrected chi connectivity index (χ2v) is 9.56. The Morgan fingerprint density at radius 1 is 1.27 bits per heavy atom. The van der Waals surface area contributed by atoms with E-state index in [-0.39, 0.29) is 24.7 Å². The summed E-state index contributed by atoms with van der Waals surface area (Å²) in [5.74, 6) is 0.740. The van der Waals surface area contributed by atoms with Gasteiger partial charge in [-0.25, -0.2) is 0 Å². The Morgan fingerprint density at radius 3 is 2.58 bits per heavy atom. The molecule has 26 heavy (non-hydrogen) atoms. The molecule has 0 aromatic carbocycles. The fourth-order valence-electron chi connectivity index (χ4n) is 4.95. The zero-order valence-electron chi connectivity index (χ0n) is 16.9. The van der Waals surface area contributed by atoms with E-state index >= 15 is 0 Å². The number of carbonyl (C=O) groups excluding carboxylic acids is 1. The highest BCUT2D eigenvalue weighted by Crippen LogP contribution is 2.42. The van der Waals surface area contributed by atoms with Crippen molar-refractivity contribution in [3.63, 3.8) is 0 Å². The summed E-state index contributed by atoms with van der Waals surface area (Å²) in [5.41, 5.74) is -0.281. The molecule has 6 nitrogen and oxygen atoms in total. The molecule has 3 rings (SSSR count). The van der Waals surface area contributed by atoms with Gasteiger partial charge in [0.05, 0.1) is 24.4 Å². The SMILES string of the molecule is COCCN1C(=O)CO[C@H]2CN(CC3(O)CCC(C(C)(C)C)CC3)C[C@@H]21. The first-order valence-corrected chi connectivity index (χ1v) is 10.1. The van der Waals surface area contributed by atoms with Crippen molar-refractivity contribution in [3.8, 4) is 0 Å². The first kappa shape index (κ1) is 20.1. The minimum Gasteiger partial charge on any atom is -0.389 e. The molecule has 1 saturated carbocycles. The average molecular weight is 369 g/mol. The molecule has 1 amide bonds. The molecule has 0 spiro atoms. The van der Waals surface area contributed by atoms with Gasteiger partial charge in [-0.15, -0.1) is 0 Å². The van der Waals surface area contributed by atoms with Crippen LogP contribution in [-0.2, 0) is 14.3 Å². The second kappa shape index (κ2) is 7.74. The highest BCUT2D eigenvalue weighted by atomic mass is 16.5. The van der Waals surface area contributed by atoms with E-state index in [2.05, 4.69) is 25.7 Å². The van der Waals surface area contributed by atoms with Gasteiger partial charge >= 0.3 is 0 Å². The van der Waals surface area contributed by atoms with Gasteiger partial charge < -0.3 is 19.5 Å². The van der Waals surface area contributed by atoms with Crippen molar-refractivity contribution < 1.29 is 19.4 Å². The normalized spacial score (nSPS) is 36.4. The number of nitrogens with zero attached hydrogens (tertiary/aromatic N) is 2. The van der Waals surface area contributed by atoms with Crippen LogP contribution in [0.1, 0.15) is 46.5 Å². The smallest absolute Gasteiger partial charge is 0.249 e. The summed E-state index contributed by atoms with van der Waals surface area (Å²) in [5, 5.41) is 11.1. The van der Waals surface area contributed by atoms with Crippen molar-refractivity contribution in [3.05, 3.63) is 0 Å². The number of hydrogen-bond acceptors (Lipinski definition) is 5. The van der Waals surface area contributed by atoms with Gasteiger partial charge in [-0.1, -0.05) is 20.8 Å². The first-order valence-electron chi connectivity index (χ1n) is 10.1. The monoisotopic (exact) mass is 368 g/mol. The van der Waals surface area contributed by atoms with E-state index < -0.39 is 5.60 Å². The van der Waals surface area contributed by atoms with Crippen molar-refractivity contribution in [2.45, 2.75) is 64.2 Å². The summed E-state index contributed by atoms with van der Waals surface area (Å²) < 4.78 is 10.9. The molecular formula is C20H36N2O4. The Kier molecular flexibility index (Phi) is 5.97. The molecule has 3 aliphatic rings. The summed E-state index contributed by atoms with van der Waals surface area (Å²) in [6.07, 6.45) is 3.98. The summed E-state index contributed by atoms with van der Waals surface area (Å²) in [6.45, 7) is 10.5. The van der Waals surface area contributed by atoms with E-state index in [1.54, 1.807) is 7.11 Å². The van der Waals surface area contributed by atoms with E-state index in [4.69, 9.17) is 9.47 Å². The Morgan fingerprint density at radius 2 is 1.96 bits per heavy atom. The lowest BCUT2D eigenvalue weighted by atomic mass is 9.68. The predicted molar refractivity (Wildman–Crippen MR) is 99.9 cm³/mol. The maximum Gasteiger partial charge on any atom is 0.249 e. The van der Waals surface area contributed by atoms with Gasteiger partial charge in [-0.05, 0) is 37.0 Å². The lowest BCUT2D eigenvalue weighted by molar-refractivity contribution is -0.153. The van der Waals surface area contributed by atoms with Crippen molar-refractivity contribution >= 4 is 5.91 Å². The number of β-amino-alcohol motifs (C(OH)–C–C–N with tert-alkyl or cyclic N) is 1. The molecule has 0 bridgehead atoms. The number of hydrogen-bond donors (Lipinski definition) is 1. The molecule has 2 atom stereocenters. The lowest BCUT2D eigenvalue weighted by Gasteiger charge is -2.42. The van der Waals surface area contributed by atoms with Crippen LogP contribution in [0.3, 0.4) is 0 Å². The van der Waals surface area contributed by atoms with Crippen molar-refractivity contribution in [2.75, 3.05) is 46.5 Å². The lowest BCUT2D eigenvalue weighted by Crippen LogP contribution is -2.55. The molecule has 0 aromatic rings. The Bertz CT molecular complexity index is 497. The predicted octanol–water partition coefficient (Wildman–Crippen LogP) is 1.51. The van der Waals surface area contributed by atoms with Gasteiger partial charge in [0.2, 0.25) is 5.91 Å². The van der Waals surface area contributed by atoms with Crippen LogP contribution >= 0.6 is 0 Å². The number of likely N-dealkylation sites (tertiary alicyclic amines) is 1. The average Bonchev–Trinajstić information content (AvgIpc) is 2.95. The van der Waals surface area contributed by atoms with E-state index in [1.807, 2.05) is 4.90 Å². The van der Waals surface area contributed by atoms with Crippen molar-refractivity contribution in [1.82, 2.24) is 9.80 Å². The van der Waals surface area contributed by atoms with Crippen LogP contribution in [-0.4, -0.2) is 85.1 Å². The van der Waals surface area contributed by atoms with Gasteiger partial charge in [0, 0.05) is 33.3 Å². The number of morpholine rings is 1. The molecule has 6 heteroatoms. The molecule has 1 aliphatic carbocycles. The molecule has 1 N–H and O–H groups in total. The Labute approximate surface area is 157 Å². The summed E-state index contributed by atoms with van der Waals surface area (Å²) in [6, 6.07) is 0.0842. The van der Waals surface area contributed by atoms with Crippen LogP contribution in [0.15, 0.2) is 0 Å². The zero-order chi connectivity index (χ0) is 18.9. The number of ether oxygens (including phenoxy) is 2. The van der Waals surface area contributed by atoms with E-state index in [0.29, 0.717) is 31.0 Å². The molecule has 150 valence electrons.